The summed E-state index contributed by atoms with van der Waals surface area (Å²) in [7, 11) is 0. The van der Waals surface area contributed by atoms with E-state index in [4.69, 9.17) is 0 Å². The van der Waals surface area contributed by atoms with Crippen molar-refractivity contribution >= 4 is 31.9 Å². The molecule has 0 aliphatic heterocycles. The Labute approximate surface area is 331 Å². The van der Waals surface area contributed by atoms with E-state index in [0.29, 0.717) is 0 Å². The van der Waals surface area contributed by atoms with Crippen LogP contribution in [0.2, 0.25) is 0 Å². The van der Waals surface area contributed by atoms with Crippen LogP contribution in [0.1, 0.15) is 148 Å². The minimum Gasteiger partial charge on any atom is -0.0654 e. The molecule has 2 aliphatic rings. The van der Waals surface area contributed by atoms with Crippen molar-refractivity contribution in [1.29, 1.82) is 0 Å². The highest BCUT2D eigenvalue weighted by Gasteiger charge is 2.50. The largest absolute Gasteiger partial charge is 0.0714 e. The Kier molecular flexibility index (Phi) is 11.6. The van der Waals surface area contributed by atoms with Gasteiger partial charge >= 0.3 is 0 Å². The fourth-order valence-corrected chi connectivity index (χ4v) is 10.4. The first-order valence-electron chi connectivity index (χ1n) is 20.3. The monoisotopic (exact) mass is 814 g/mol. The van der Waals surface area contributed by atoms with E-state index in [1.807, 2.05) is 0 Å². The van der Waals surface area contributed by atoms with Gasteiger partial charge in [0.1, 0.15) is 0 Å². The fourth-order valence-electron chi connectivity index (χ4n) is 9.72. The number of unbranched alkanes of at least 4 members (excludes halogenated alkanes) is 10. The molecule has 0 bridgehead atoms. The number of aryl methyl sites for hydroxylation is 2. The van der Waals surface area contributed by atoms with E-state index in [-0.39, 0.29) is 5.41 Å². The third kappa shape index (κ3) is 6.81. The van der Waals surface area contributed by atoms with E-state index in [2.05, 4.69) is 157 Å². The molecular weight excluding hydrogens is 760 g/mol. The van der Waals surface area contributed by atoms with Gasteiger partial charge in [0.2, 0.25) is 0 Å². The van der Waals surface area contributed by atoms with E-state index >= 15 is 0 Å². The highest BCUT2D eigenvalue weighted by molar-refractivity contribution is 9.10. The molecule has 0 amide bonds. The predicted molar refractivity (Wildman–Crippen MR) is 231 cm³/mol. The summed E-state index contributed by atoms with van der Waals surface area (Å²) in [6.07, 6.45) is 18.4. The molecule has 0 saturated heterocycles. The molecular formula is C50H56Br2. The summed E-state index contributed by atoms with van der Waals surface area (Å²) < 4.78 is 2.33. The summed E-state index contributed by atoms with van der Waals surface area (Å²) in [5, 5.41) is 0. The summed E-state index contributed by atoms with van der Waals surface area (Å²) in [5.41, 5.74) is 16.4. The highest BCUT2D eigenvalue weighted by atomic mass is 79.9. The van der Waals surface area contributed by atoms with Crippen molar-refractivity contribution in [2.45, 2.75) is 128 Å². The molecule has 0 saturated carbocycles. The van der Waals surface area contributed by atoms with Gasteiger partial charge in [-0.15, -0.1) is 0 Å². The van der Waals surface area contributed by atoms with Gasteiger partial charge in [-0.1, -0.05) is 195 Å². The van der Waals surface area contributed by atoms with Gasteiger partial charge in [-0.05, 0) is 119 Å². The first kappa shape index (κ1) is 37.4. The van der Waals surface area contributed by atoms with E-state index in [9.17, 15) is 0 Å². The number of fused-ring (bicyclic) bond motifs is 6. The van der Waals surface area contributed by atoms with Crippen LogP contribution in [-0.4, -0.2) is 0 Å². The number of benzene rings is 5. The van der Waals surface area contributed by atoms with Crippen molar-refractivity contribution in [3.8, 4) is 22.3 Å². The second kappa shape index (κ2) is 16.2. The number of rotatable bonds is 16. The lowest BCUT2D eigenvalue weighted by molar-refractivity contribution is 0.398. The topological polar surface area (TPSA) is 0 Å². The number of hydrogen-bond donors (Lipinski definition) is 0. The van der Waals surface area contributed by atoms with E-state index in [1.165, 1.54) is 150 Å². The summed E-state index contributed by atoms with van der Waals surface area (Å²) in [4.78, 5) is 0. The molecule has 7 rings (SSSR count). The Balaban J connectivity index is 1.45. The van der Waals surface area contributed by atoms with Crippen molar-refractivity contribution in [3.63, 3.8) is 0 Å². The molecule has 0 nitrogen and oxygen atoms in total. The molecule has 0 fully saturated rings. The number of hydrogen-bond acceptors (Lipinski definition) is 0. The Bertz CT molecular complexity index is 1940. The van der Waals surface area contributed by atoms with Crippen LogP contribution in [-0.2, 0) is 10.8 Å². The van der Waals surface area contributed by atoms with Crippen molar-refractivity contribution in [2.24, 2.45) is 0 Å². The van der Waals surface area contributed by atoms with Crippen LogP contribution in [0.15, 0.2) is 106 Å². The van der Waals surface area contributed by atoms with E-state index in [0.717, 1.165) is 4.47 Å². The lowest BCUT2D eigenvalue weighted by Crippen LogP contribution is -2.29. The lowest BCUT2D eigenvalue weighted by Gasteiger charge is -2.35. The Morgan fingerprint density at radius 1 is 0.404 bits per heavy atom. The zero-order valence-electron chi connectivity index (χ0n) is 31.9. The lowest BCUT2D eigenvalue weighted by atomic mass is 9.66. The quantitative estimate of drug-likeness (QED) is 0.0854. The minimum absolute atomic E-state index is 0.0213. The summed E-state index contributed by atoms with van der Waals surface area (Å²) in [6, 6.07) is 38.3. The second-order valence-corrected chi connectivity index (χ2v) is 17.8. The van der Waals surface area contributed by atoms with Crippen molar-refractivity contribution < 1.29 is 0 Å². The maximum absolute atomic E-state index is 3.95. The average molecular weight is 817 g/mol. The smallest absolute Gasteiger partial charge is 0.0654 e. The first-order chi connectivity index (χ1) is 25.3. The average Bonchev–Trinajstić information content (AvgIpc) is 3.57. The van der Waals surface area contributed by atoms with Gasteiger partial charge in [0.05, 0.1) is 5.41 Å². The van der Waals surface area contributed by atoms with Gasteiger partial charge in [-0.25, -0.2) is 0 Å². The molecule has 0 heterocycles. The van der Waals surface area contributed by atoms with Crippen LogP contribution in [0, 0.1) is 13.8 Å². The van der Waals surface area contributed by atoms with Crippen LogP contribution >= 0.6 is 31.9 Å². The van der Waals surface area contributed by atoms with Crippen LogP contribution < -0.4 is 0 Å². The molecule has 5 aromatic carbocycles. The molecule has 0 N–H and O–H groups in total. The van der Waals surface area contributed by atoms with Gasteiger partial charge < -0.3 is 0 Å². The normalized spacial score (nSPS) is 14.6. The van der Waals surface area contributed by atoms with Crippen LogP contribution in [0.3, 0.4) is 0 Å². The second-order valence-electron chi connectivity index (χ2n) is 15.9. The van der Waals surface area contributed by atoms with Crippen molar-refractivity contribution in [3.05, 3.63) is 151 Å². The Morgan fingerprint density at radius 3 is 1.31 bits per heavy atom. The summed E-state index contributed by atoms with van der Waals surface area (Å²) >= 11 is 7.88. The molecule has 0 spiro atoms. The fraction of sp³-hybridized carbons (Fsp3) is 0.400. The molecule has 0 unspecified atom stereocenters. The van der Waals surface area contributed by atoms with Crippen LogP contribution in [0.25, 0.3) is 22.3 Å². The molecule has 0 atom stereocenters. The standard InChI is InChI=1S/C50H56Br2/c1-5-7-9-11-13-15-29-49(30-16-14-12-10-8-6-2)45-31-39(51)25-27-41(45)43-34-48-44(33-46(43)49)42-28-26-40(52)32-47(42)50(48,37-21-17-35(3)18-22-37)38-23-19-36(4)20-24-38/h17-28,31-34H,5-16,29-30H2,1-4H3. The third-order valence-corrected chi connectivity index (χ3v) is 13.4. The molecule has 0 aromatic heterocycles. The Hall–Kier alpha value is -2.94. The highest BCUT2D eigenvalue weighted by Crippen LogP contribution is 2.62. The number of halogens is 2. The summed E-state index contributed by atoms with van der Waals surface area (Å²) in [5.74, 6) is 0. The SMILES string of the molecule is CCCCCCCCC1(CCCCCCCC)c2cc(Br)ccc2-c2cc3c(cc21)-c1ccc(Br)cc1C3(c1ccc(C)cc1)c1ccc(C)cc1. The molecule has 0 radical (unpaired) electrons. The first-order valence-corrected chi connectivity index (χ1v) is 21.9. The van der Waals surface area contributed by atoms with E-state index < -0.39 is 5.41 Å². The van der Waals surface area contributed by atoms with Gasteiger partial charge in [-0.2, -0.15) is 0 Å². The third-order valence-electron chi connectivity index (χ3n) is 12.4. The van der Waals surface area contributed by atoms with Gasteiger partial charge in [-0.3, -0.25) is 0 Å². The summed E-state index contributed by atoms with van der Waals surface area (Å²) in [6.45, 7) is 9.04. The molecule has 2 heteroatoms. The molecule has 5 aromatic rings. The van der Waals surface area contributed by atoms with Crippen LogP contribution in [0.5, 0.6) is 0 Å². The maximum atomic E-state index is 3.95. The van der Waals surface area contributed by atoms with E-state index in [1.54, 1.807) is 11.1 Å². The molecule has 52 heavy (non-hydrogen) atoms. The van der Waals surface area contributed by atoms with Crippen LogP contribution in [0.4, 0.5) is 0 Å². The molecule has 2 aliphatic carbocycles. The van der Waals surface area contributed by atoms with Crippen molar-refractivity contribution in [2.75, 3.05) is 0 Å². The Morgan fingerprint density at radius 2 is 0.788 bits per heavy atom. The minimum atomic E-state index is -0.426. The maximum Gasteiger partial charge on any atom is 0.0714 e. The van der Waals surface area contributed by atoms with Gasteiger partial charge in [0.25, 0.3) is 0 Å². The predicted octanol–water partition coefficient (Wildman–Crippen LogP) is 16.0. The zero-order valence-corrected chi connectivity index (χ0v) is 35.1. The van der Waals surface area contributed by atoms with Gasteiger partial charge in [0.15, 0.2) is 0 Å². The zero-order chi connectivity index (χ0) is 36.3. The molecule has 270 valence electrons. The van der Waals surface area contributed by atoms with Crippen molar-refractivity contribution in [1.82, 2.24) is 0 Å². The van der Waals surface area contributed by atoms with Gasteiger partial charge in [0, 0.05) is 14.4 Å².